The molecule has 0 saturated heterocycles. The summed E-state index contributed by atoms with van der Waals surface area (Å²) in [7, 11) is 0. The normalized spacial score (nSPS) is 13.2. The monoisotopic (exact) mass is 264 g/mol. The van der Waals surface area contributed by atoms with Crippen LogP contribution in [-0.4, -0.2) is 17.7 Å². The van der Waals surface area contributed by atoms with Crippen molar-refractivity contribution >= 4 is 24.2 Å². The lowest BCUT2D eigenvalue weighted by atomic mass is 10.1. The molecule has 0 spiro atoms. The number of hydrogen-bond acceptors (Lipinski definition) is 3. The molecule has 1 aromatic carbocycles. The highest BCUT2D eigenvalue weighted by molar-refractivity contribution is 7.80. The summed E-state index contributed by atoms with van der Waals surface area (Å²) in [4.78, 5) is 11.4. The summed E-state index contributed by atoms with van der Waals surface area (Å²) >= 11 is 3.80. The number of hydrogen-bond donors (Lipinski definition) is 3. The van der Waals surface area contributed by atoms with Gasteiger partial charge in [0, 0.05) is 5.75 Å². The lowest BCUT2D eigenvalue weighted by Gasteiger charge is -2.15. The number of amides is 1. The molecule has 3 N–H and O–H groups in total. The van der Waals surface area contributed by atoms with Crippen LogP contribution in [0.1, 0.15) is 5.56 Å². The van der Waals surface area contributed by atoms with Crippen LogP contribution in [-0.2, 0) is 11.0 Å². The second-order valence-corrected chi connectivity index (χ2v) is 3.69. The maximum Gasteiger partial charge on any atom is 0.418 e. The van der Waals surface area contributed by atoms with Crippen LogP contribution in [0.15, 0.2) is 24.3 Å². The van der Waals surface area contributed by atoms with Crippen LogP contribution in [0.3, 0.4) is 0 Å². The van der Waals surface area contributed by atoms with E-state index in [0.29, 0.717) is 0 Å². The van der Waals surface area contributed by atoms with Gasteiger partial charge < -0.3 is 11.1 Å². The number of nitrogens with two attached hydrogens (primary N) is 1. The summed E-state index contributed by atoms with van der Waals surface area (Å²) in [5, 5.41) is 2.13. The van der Waals surface area contributed by atoms with Crippen LogP contribution in [0.25, 0.3) is 0 Å². The third kappa shape index (κ3) is 3.64. The molecule has 0 aliphatic carbocycles. The van der Waals surface area contributed by atoms with Gasteiger partial charge in [-0.15, -0.1) is 0 Å². The molecule has 0 saturated carbocycles. The highest BCUT2D eigenvalue weighted by Crippen LogP contribution is 2.34. The molecule has 3 nitrogen and oxygen atoms in total. The predicted octanol–water partition coefficient (Wildman–Crippen LogP) is 1.90. The van der Waals surface area contributed by atoms with Crippen LogP contribution in [0, 0.1) is 0 Å². The summed E-state index contributed by atoms with van der Waals surface area (Å²) in [6.07, 6.45) is -4.52. The van der Waals surface area contributed by atoms with Crippen molar-refractivity contribution in [1.82, 2.24) is 0 Å². The zero-order valence-corrected chi connectivity index (χ0v) is 9.55. The number of alkyl halides is 3. The highest BCUT2D eigenvalue weighted by Gasteiger charge is 2.33. The largest absolute Gasteiger partial charge is 0.418 e. The molecule has 0 fully saturated rings. The molecule has 1 amide bonds. The van der Waals surface area contributed by atoms with E-state index in [2.05, 4.69) is 17.9 Å². The summed E-state index contributed by atoms with van der Waals surface area (Å²) in [6.45, 7) is 0. The molecule has 94 valence electrons. The molecular weight excluding hydrogens is 253 g/mol. The van der Waals surface area contributed by atoms with E-state index >= 15 is 0 Å². The van der Waals surface area contributed by atoms with Gasteiger partial charge in [0.2, 0.25) is 5.91 Å². The molecule has 17 heavy (non-hydrogen) atoms. The summed E-state index contributed by atoms with van der Waals surface area (Å²) < 4.78 is 37.8. The minimum Gasteiger partial charge on any atom is -0.324 e. The molecule has 0 heterocycles. The van der Waals surface area contributed by atoms with E-state index < -0.39 is 23.7 Å². The fraction of sp³-hybridized carbons (Fsp3) is 0.300. The molecule has 0 bridgehead atoms. The molecule has 1 atom stereocenters. The maximum absolute atomic E-state index is 12.6. The van der Waals surface area contributed by atoms with Crippen molar-refractivity contribution < 1.29 is 18.0 Å². The second kappa shape index (κ2) is 5.42. The Hall–Kier alpha value is -1.21. The number of thiol groups is 1. The van der Waals surface area contributed by atoms with E-state index in [9.17, 15) is 18.0 Å². The van der Waals surface area contributed by atoms with Gasteiger partial charge >= 0.3 is 6.18 Å². The molecule has 0 aliphatic heterocycles. The van der Waals surface area contributed by atoms with Crippen molar-refractivity contribution in [2.45, 2.75) is 12.2 Å². The second-order valence-electron chi connectivity index (χ2n) is 3.32. The maximum atomic E-state index is 12.6. The van der Waals surface area contributed by atoms with Gasteiger partial charge in [-0.3, -0.25) is 4.79 Å². The first-order valence-electron chi connectivity index (χ1n) is 4.69. The molecule has 1 aromatic rings. The first-order valence-corrected chi connectivity index (χ1v) is 5.33. The minimum atomic E-state index is -4.52. The Morgan fingerprint density at radius 2 is 2.00 bits per heavy atom. The Balaban J connectivity index is 2.96. The van der Waals surface area contributed by atoms with Gasteiger partial charge in [0.15, 0.2) is 0 Å². The number of halogens is 3. The van der Waals surface area contributed by atoms with E-state index in [1.165, 1.54) is 18.2 Å². The number of benzene rings is 1. The molecule has 0 aliphatic rings. The Morgan fingerprint density at radius 3 is 2.53 bits per heavy atom. The number of nitrogens with one attached hydrogen (secondary N) is 1. The average molecular weight is 264 g/mol. The van der Waals surface area contributed by atoms with E-state index in [1.54, 1.807) is 0 Å². The zero-order valence-electron chi connectivity index (χ0n) is 8.66. The lowest BCUT2D eigenvalue weighted by Crippen LogP contribution is -2.37. The Labute approximate surface area is 102 Å². The first-order chi connectivity index (χ1) is 7.86. The summed E-state index contributed by atoms with van der Waals surface area (Å²) in [6, 6.07) is 3.77. The van der Waals surface area contributed by atoms with E-state index in [1.807, 2.05) is 0 Å². The van der Waals surface area contributed by atoms with Gasteiger partial charge in [-0.2, -0.15) is 25.8 Å². The predicted molar refractivity (Wildman–Crippen MR) is 61.9 cm³/mol. The Kier molecular flexibility index (Phi) is 4.41. The third-order valence-corrected chi connectivity index (χ3v) is 2.42. The fourth-order valence-electron chi connectivity index (χ4n) is 1.15. The van der Waals surface area contributed by atoms with Crippen molar-refractivity contribution in [3.63, 3.8) is 0 Å². The van der Waals surface area contributed by atoms with E-state index in [0.717, 1.165) is 6.07 Å². The van der Waals surface area contributed by atoms with Crippen molar-refractivity contribution in [2.75, 3.05) is 11.1 Å². The van der Waals surface area contributed by atoms with Gasteiger partial charge in [-0.05, 0) is 12.1 Å². The smallest absolute Gasteiger partial charge is 0.324 e. The lowest BCUT2D eigenvalue weighted by molar-refractivity contribution is -0.137. The summed E-state index contributed by atoms with van der Waals surface area (Å²) in [5.41, 5.74) is 4.15. The number of anilines is 1. The fourth-order valence-corrected chi connectivity index (χ4v) is 1.31. The van der Waals surface area contributed by atoms with E-state index in [-0.39, 0.29) is 11.4 Å². The topological polar surface area (TPSA) is 55.1 Å². The van der Waals surface area contributed by atoms with Gasteiger partial charge in [-0.1, -0.05) is 12.1 Å². The third-order valence-electron chi connectivity index (χ3n) is 2.02. The Morgan fingerprint density at radius 1 is 1.41 bits per heavy atom. The van der Waals surface area contributed by atoms with Crippen LogP contribution in [0.2, 0.25) is 0 Å². The minimum absolute atomic E-state index is 0.0556. The zero-order chi connectivity index (χ0) is 13.1. The SMILES string of the molecule is NC(CS)C(=O)Nc1ccccc1C(F)(F)F. The molecule has 0 aromatic heterocycles. The van der Waals surface area contributed by atoms with Gasteiger partial charge in [0.25, 0.3) is 0 Å². The van der Waals surface area contributed by atoms with Crippen molar-refractivity contribution in [1.29, 1.82) is 0 Å². The van der Waals surface area contributed by atoms with Crippen molar-refractivity contribution in [2.24, 2.45) is 5.73 Å². The van der Waals surface area contributed by atoms with E-state index in [4.69, 9.17) is 5.73 Å². The van der Waals surface area contributed by atoms with Crippen LogP contribution < -0.4 is 11.1 Å². The average Bonchev–Trinajstić information content (AvgIpc) is 2.27. The van der Waals surface area contributed by atoms with Crippen LogP contribution in [0.4, 0.5) is 18.9 Å². The molecular formula is C10H11F3N2OS. The standard InChI is InChI=1S/C10H11F3N2OS/c11-10(12,13)6-3-1-2-4-8(6)15-9(16)7(14)5-17/h1-4,7,17H,5,14H2,(H,15,16). The molecule has 0 radical (unpaired) electrons. The van der Waals surface area contributed by atoms with Crippen molar-refractivity contribution in [3.05, 3.63) is 29.8 Å². The van der Waals surface area contributed by atoms with Crippen LogP contribution >= 0.6 is 12.6 Å². The molecule has 1 rings (SSSR count). The number of carbonyl (C=O) groups is 1. The number of carbonyl (C=O) groups excluding carboxylic acids is 1. The van der Waals surface area contributed by atoms with Gasteiger partial charge in [0.1, 0.15) is 0 Å². The van der Waals surface area contributed by atoms with Crippen LogP contribution in [0.5, 0.6) is 0 Å². The summed E-state index contributed by atoms with van der Waals surface area (Å²) in [5.74, 6) is -0.642. The number of rotatable bonds is 3. The Bertz CT molecular complexity index is 409. The van der Waals surface area contributed by atoms with Gasteiger partial charge in [0.05, 0.1) is 17.3 Å². The highest BCUT2D eigenvalue weighted by atomic mass is 32.1. The molecule has 1 unspecified atom stereocenters. The first kappa shape index (κ1) is 13.9. The number of para-hydroxylation sites is 1. The van der Waals surface area contributed by atoms with Crippen molar-refractivity contribution in [3.8, 4) is 0 Å². The van der Waals surface area contributed by atoms with Gasteiger partial charge in [-0.25, -0.2) is 0 Å². The molecule has 7 heteroatoms. The quantitative estimate of drug-likeness (QED) is 0.730.